The van der Waals surface area contributed by atoms with Crippen molar-refractivity contribution < 1.29 is 19.1 Å². The van der Waals surface area contributed by atoms with E-state index in [4.69, 9.17) is 33.3 Å². The molecule has 0 saturated carbocycles. The van der Waals surface area contributed by atoms with Crippen molar-refractivity contribution in [3.8, 4) is 0 Å². The van der Waals surface area contributed by atoms with E-state index in [-0.39, 0.29) is 25.5 Å². The van der Waals surface area contributed by atoms with Crippen molar-refractivity contribution in [2.75, 3.05) is 31.2 Å². The van der Waals surface area contributed by atoms with Crippen LogP contribution in [-0.4, -0.2) is 50.2 Å². The second kappa shape index (κ2) is 8.96. The van der Waals surface area contributed by atoms with Crippen LogP contribution in [0.4, 0.5) is 16.2 Å². The van der Waals surface area contributed by atoms with Crippen LogP contribution in [0, 0.1) is 0 Å². The van der Waals surface area contributed by atoms with Crippen LogP contribution in [0.5, 0.6) is 0 Å². The zero-order valence-corrected chi connectivity index (χ0v) is 18.9. The third-order valence-corrected chi connectivity index (χ3v) is 6.83. The summed E-state index contributed by atoms with van der Waals surface area (Å²) in [6.07, 6.45) is -0.0339. The van der Waals surface area contributed by atoms with Gasteiger partial charge in [-0.15, -0.1) is 0 Å². The van der Waals surface area contributed by atoms with Gasteiger partial charge in [-0.3, -0.25) is 9.59 Å². The molecule has 2 aromatic rings. The number of likely N-dealkylation sites (tertiary alicyclic amines) is 1. The lowest BCUT2D eigenvalue weighted by Gasteiger charge is -2.43. The highest BCUT2D eigenvalue weighted by Crippen LogP contribution is 2.50. The Balaban J connectivity index is 1.91. The van der Waals surface area contributed by atoms with Gasteiger partial charge in [-0.05, 0) is 29.8 Å². The zero-order chi connectivity index (χ0) is 24.5. The fraction of sp³-hybridized carbons (Fsp3) is 0.318. The number of anilines is 1. The average Bonchev–Trinajstić information content (AvgIpc) is 3.17. The molecule has 2 aromatic carbocycles. The summed E-state index contributed by atoms with van der Waals surface area (Å²) < 4.78 is 4.51. The van der Waals surface area contributed by atoms with E-state index in [1.54, 1.807) is 53.4 Å². The number of amides is 4. The molecule has 0 radical (unpaired) electrons. The monoisotopic (exact) mass is 484 g/mol. The van der Waals surface area contributed by atoms with E-state index in [9.17, 15) is 14.4 Å². The van der Waals surface area contributed by atoms with Crippen molar-refractivity contribution in [2.45, 2.75) is 18.0 Å². The van der Waals surface area contributed by atoms with Crippen molar-refractivity contribution >= 4 is 40.8 Å². The molecule has 0 aromatic heterocycles. The molecule has 176 valence electrons. The minimum Gasteiger partial charge on any atom is -0.370 e. The highest BCUT2D eigenvalue weighted by atomic mass is 35.5. The number of morpholine rings is 1. The van der Waals surface area contributed by atoms with E-state index in [0.717, 1.165) is 0 Å². The quantitative estimate of drug-likeness (QED) is 0.288. The lowest BCUT2D eigenvalue weighted by atomic mass is 9.83. The van der Waals surface area contributed by atoms with Crippen molar-refractivity contribution in [2.24, 2.45) is 16.6 Å². The molecule has 2 aliphatic heterocycles. The molecule has 12 heteroatoms. The number of hydrogen-bond donors (Lipinski definition) is 2. The molecule has 4 amide bonds. The number of ether oxygens (including phenoxy) is 1. The van der Waals surface area contributed by atoms with Gasteiger partial charge in [0.15, 0.2) is 0 Å². The molecule has 1 unspecified atom stereocenters. The van der Waals surface area contributed by atoms with E-state index in [1.807, 2.05) is 0 Å². The number of rotatable bonds is 5. The Bertz CT molecular complexity index is 1180. The summed E-state index contributed by atoms with van der Waals surface area (Å²) in [6, 6.07) is 11.5. The topological polar surface area (TPSA) is 164 Å². The molecule has 4 N–H and O–H groups in total. The Morgan fingerprint density at radius 1 is 1.18 bits per heavy atom. The molecule has 0 spiro atoms. The molecule has 34 heavy (non-hydrogen) atoms. The molecule has 2 fully saturated rings. The molecular weight excluding hydrogens is 462 g/mol. The Kier molecular flexibility index (Phi) is 6.20. The van der Waals surface area contributed by atoms with Crippen LogP contribution in [0.25, 0.3) is 10.4 Å². The number of nitrogens with two attached hydrogens (primary N) is 2. The highest BCUT2D eigenvalue weighted by molar-refractivity contribution is 6.30. The fourth-order valence-electron chi connectivity index (χ4n) is 5.09. The van der Waals surface area contributed by atoms with Crippen LogP contribution in [0.3, 0.4) is 0 Å². The van der Waals surface area contributed by atoms with Gasteiger partial charge < -0.3 is 21.1 Å². The molecule has 11 nitrogen and oxygen atoms in total. The zero-order valence-electron chi connectivity index (χ0n) is 18.1. The number of urea groups is 1. The van der Waals surface area contributed by atoms with E-state index >= 15 is 0 Å². The standard InChI is InChI=1S/C22H22ClN7O4/c23-15-3-7-18(8-4-15)30(21(25)33)12-16(27-28-26)11-22(30,20(24)32)14-1-5-17(6-2-14)29-9-10-34-13-19(29)31/h1-8,16H,9-13H2,(H3-,24,25,32,33)/p+1/t16-,22+,30?/m0/s1. The normalized spacial score (nSPS) is 26.7. The SMILES string of the molecule is [N-]=[N+]=N[C@H]1C[C@](C(N)=O)(c2ccc(N3CCOCC3=O)cc2)[N+](C(N)=O)(c2ccc(Cl)cc2)C1. The number of carbonyl (C=O) groups excluding carboxylic acids is 3. The first-order valence-electron chi connectivity index (χ1n) is 10.5. The minimum absolute atomic E-state index is 0.0148. The Morgan fingerprint density at radius 2 is 1.85 bits per heavy atom. The van der Waals surface area contributed by atoms with Crippen molar-refractivity contribution in [3.05, 3.63) is 69.6 Å². The van der Waals surface area contributed by atoms with Crippen LogP contribution in [0.15, 0.2) is 53.6 Å². The second-order valence-corrected chi connectivity index (χ2v) is 8.68. The maximum Gasteiger partial charge on any atom is 0.420 e. The van der Waals surface area contributed by atoms with E-state index in [1.165, 1.54) is 0 Å². The fourth-order valence-corrected chi connectivity index (χ4v) is 5.21. The number of primary amides is 2. The number of nitrogens with zero attached hydrogens (tertiary/aromatic N) is 5. The van der Waals surface area contributed by atoms with Gasteiger partial charge in [0.1, 0.15) is 18.8 Å². The second-order valence-electron chi connectivity index (χ2n) is 8.24. The van der Waals surface area contributed by atoms with Crippen molar-refractivity contribution in [1.82, 2.24) is 4.48 Å². The predicted molar refractivity (Wildman–Crippen MR) is 126 cm³/mol. The van der Waals surface area contributed by atoms with Gasteiger partial charge in [0, 0.05) is 46.3 Å². The lowest BCUT2D eigenvalue weighted by molar-refractivity contribution is -0.127. The Labute approximate surface area is 200 Å². The lowest BCUT2D eigenvalue weighted by Crippen LogP contribution is -2.70. The predicted octanol–water partition coefficient (Wildman–Crippen LogP) is 2.55. The molecule has 2 aliphatic rings. The molecule has 0 aliphatic carbocycles. The highest BCUT2D eigenvalue weighted by Gasteiger charge is 2.68. The van der Waals surface area contributed by atoms with Crippen LogP contribution in [0.1, 0.15) is 12.0 Å². The summed E-state index contributed by atoms with van der Waals surface area (Å²) in [5.74, 6) is -0.983. The van der Waals surface area contributed by atoms with E-state index < -0.39 is 28.0 Å². The van der Waals surface area contributed by atoms with Gasteiger partial charge in [0.2, 0.25) is 5.54 Å². The average molecular weight is 485 g/mol. The van der Waals surface area contributed by atoms with Crippen molar-refractivity contribution in [3.63, 3.8) is 0 Å². The molecule has 2 heterocycles. The Hall–Kier alpha value is -3.63. The molecule has 4 rings (SSSR count). The summed E-state index contributed by atoms with van der Waals surface area (Å²) in [5, 5.41) is 4.24. The van der Waals surface area contributed by atoms with Gasteiger partial charge >= 0.3 is 6.03 Å². The first kappa shape index (κ1) is 23.5. The number of carbonyl (C=O) groups is 3. The molecule has 2 saturated heterocycles. The molecule has 0 bridgehead atoms. The molecule has 3 atom stereocenters. The van der Waals surface area contributed by atoms with Gasteiger partial charge in [0.05, 0.1) is 12.6 Å². The first-order chi connectivity index (χ1) is 16.3. The van der Waals surface area contributed by atoms with Crippen molar-refractivity contribution in [1.29, 1.82) is 0 Å². The number of azide groups is 1. The number of halogens is 1. The van der Waals surface area contributed by atoms with Crippen LogP contribution in [0.2, 0.25) is 5.02 Å². The molecular formula is C22H23ClN7O4+. The third kappa shape index (κ3) is 3.55. The van der Waals surface area contributed by atoms with Crippen LogP contribution < -0.4 is 20.9 Å². The number of quaternary nitrogens is 1. The van der Waals surface area contributed by atoms with Gasteiger partial charge in [-0.25, -0.2) is 4.79 Å². The number of hydrogen-bond acceptors (Lipinski definition) is 5. The van der Waals surface area contributed by atoms with Crippen LogP contribution in [-0.2, 0) is 19.9 Å². The summed E-state index contributed by atoms with van der Waals surface area (Å²) in [4.78, 5) is 43.1. The smallest absolute Gasteiger partial charge is 0.370 e. The van der Waals surface area contributed by atoms with Gasteiger partial charge in [0.25, 0.3) is 11.8 Å². The van der Waals surface area contributed by atoms with Crippen LogP contribution >= 0.6 is 11.6 Å². The largest absolute Gasteiger partial charge is 0.420 e. The summed E-state index contributed by atoms with van der Waals surface area (Å²) in [5.41, 5.74) is 20.8. The van der Waals surface area contributed by atoms with E-state index in [2.05, 4.69) is 10.0 Å². The number of benzene rings is 2. The van der Waals surface area contributed by atoms with E-state index in [0.29, 0.717) is 35.1 Å². The summed E-state index contributed by atoms with van der Waals surface area (Å²) >= 11 is 6.05. The van der Waals surface area contributed by atoms with Gasteiger partial charge in [-0.1, -0.05) is 28.8 Å². The minimum atomic E-state index is -1.66. The summed E-state index contributed by atoms with van der Waals surface area (Å²) in [6.45, 7) is 0.724. The maximum absolute atomic E-state index is 13.2. The maximum atomic E-state index is 13.2. The third-order valence-electron chi connectivity index (χ3n) is 6.58. The Morgan fingerprint density at radius 3 is 2.41 bits per heavy atom. The first-order valence-corrected chi connectivity index (χ1v) is 10.9. The van der Waals surface area contributed by atoms with Gasteiger partial charge in [-0.2, -0.15) is 4.48 Å². The summed E-state index contributed by atoms with van der Waals surface area (Å²) in [7, 11) is 0.